The number of tetrazole rings is 1. The van der Waals surface area contributed by atoms with Crippen LogP contribution in [0.3, 0.4) is 0 Å². The number of thioether (sulfide) groups is 1. The Bertz CT molecular complexity index is 1400. The molecule has 3 aromatic rings. The van der Waals surface area contributed by atoms with Gasteiger partial charge in [-0.1, -0.05) is 6.07 Å². The number of carbonyl (C=O) groups is 2. The molecule has 0 unspecified atom stereocenters. The third-order valence-electron chi connectivity index (χ3n) is 5.16. The monoisotopic (exact) mass is 485 g/mol. The first kappa shape index (κ1) is 19.8. The number of para-hydroxylation sites is 1. The number of nitrogens with zero attached hydrogens (tertiary/aromatic N) is 6. The number of nitrogens with one attached hydrogen (secondary N) is 2. The van der Waals surface area contributed by atoms with Crippen LogP contribution in [0.5, 0.6) is 5.75 Å². The number of carbonyl (C=O) groups excluding carboxylic acids is 2. The second-order valence-corrected chi connectivity index (χ2v) is 8.47. The fraction of sp³-hybridized carbons (Fsp3) is 0.364. The lowest BCUT2D eigenvalue weighted by molar-refractivity contribution is -0.117. The predicted octanol–water partition coefficient (Wildman–Crippen LogP) is 1.95. The highest BCUT2D eigenvalue weighted by atomic mass is 32.2. The minimum atomic E-state index is -2.70. The number of amides is 2. The summed E-state index contributed by atoms with van der Waals surface area (Å²) in [4.78, 5) is 31.6. The highest BCUT2D eigenvalue weighted by molar-refractivity contribution is 7.97. The van der Waals surface area contributed by atoms with Crippen molar-refractivity contribution in [2.24, 2.45) is 18.0 Å². The number of ether oxygens (including phenoxy) is 1. The molecular formula is C22H26N8O3S. The van der Waals surface area contributed by atoms with E-state index in [1.807, 2.05) is 11.6 Å². The smallest absolute Gasteiger partial charge is 0.254 e. The van der Waals surface area contributed by atoms with Crippen LogP contribution in [0.4, 0.5) is 11.5 Å². The van der Waals surface area contributed by atoms with E-state index < -0.39 is 12.9 Å². The van der Waals surface area contributed by atoms with Gasteiger partial charge in [0.25, 0.3) is 5.91 Å². The Morgan fingerprint density at radius 2 is 2.21 bits per heavy atom. The van der Waals surface area contributed by atoms with E-state index in [0.29, 0.717) is 34.5 Å². The van der Waals surface area contributed by atoms with Gasteiger partial charge in [-0.25, -0.2) is 4.99 Å². The first-order valence-corrected chi connectivity index (χ1v) is 11.8. The molecule has 1 saturated carbocycles. The molecule has 2 heterocycles. The topological polar surface area (TPSA) is 128 Å². The Balaban J connectivity index is 1.90. The lowest BCUT2D eigenvalue weighted by Gasteiger charge is -2.16. The SMILES string of the molecule is [2H]C([2H])([2H])NC(=O)c1cn(CSC)c(NC(=O)C2CC2)cc1=Nc1cccc(-c2nnn(C)n2)c1OC. The summed E-state index contributed by atoms with van der Waals surface area (Å²) < 4.78 is 29.7. The van der Waals surface area contributed by atoms with Crippen molar-refractivity contribution in [1.82, 2.24) is 30.1 Å². The van der Waals surface area contributed by atoms with Gasteiger partial charge >= 0.3 is 0 Å². The van der Waals surface area contributed by atoms with Crippen LogP contribution in [0.15, 0.2) is 35.5 Å². The first-order valence-electron chi connectivity index (χ1n) is 11.9. The summed E-state index contributed by atoms with van der Waals surface area (Å²) in [6.07, 6.45) is 5.01. The molecule has 34 heavy (non-hydrogen) atoms. The molecular weight excluding hydrogens is 456 g/mol. The van der Waals surface area contributed by atoms with Gasteiger partial charge in [0, 0.05) is 29.3 Å². The number of hydrogen-bond donors (Lipinski definition) is 2. The van der Waals surface area contributed by atoms with Crippen LogP contribution >= 0.6 is 11.8 Å². The van der Waals surface area contributed by atoms with Crippen molar-refractivity contribution in [2.75, 3.05) is 25.7 Å². The molecule has 1 aliphatic carbocycles. The molecule has 2 amide bonds. The van der Waals surface area contributed by atoms with Gasteiger partial charge in [0.05, 0.1) is 36.5 Å². The number of hydrogen-bond acceptors (Lipinski definition) is 8. The van der Waals surface area contributed by atoms with Crippen molar-refractivity contribution in [3.05, 3.63) is 41.4 Å². The molecule has 2 N–H and O–H groups in total. The van der Waals surface area contributed by atoms with Crippen molar-refractivity contribution < 1.29 is 18.4 Å². The van der Waals surface area contributed by atoms with Gasteiger partial charge in [0.1, 0.15) is 11.5 Å². The molecule has 0 aliphatic heterocycles. The second-order valence-electron chi connectivity index (χ2n) is 7.64. The van der Waals surface area contributed by atoms with Crippen molar-refractivity contribution in [3.8, 4) is 17.1 Å². The number of rotatable bonds is 8. The van der Waals surface area contributed by atoms with Crippen molar-refractivity contribution >= 4 is 35.1 Å². The van der Waals surface area contributed by atoms with E-state index in [1.54, 1.807) is 35.9 Å². The maximum absolute atomic E-state index is 13.0. The first-order chi connectivity index (χ1) is 17.6. The Morgan fingerprint density at radius 1 is 1.38 bits per heavy atom. The van der Waals surface area contributed by atoms with Crippen LogP contribution in [0, 0.1) is 5.92 Å². The molecule has 0 saturated heterocycles. The van der Waals surface area contributed by atoms with Crippen LogP contribution in [0.25, 0.3) is 11.4 Å². The third-order valence-corrected chi connectivity index (χ3v) is 5.69. The zero-order valence-corrected chi connectivity index (χ0v) is 19.7. The lowest BCUT2D eigenvalue weighted by Crippen LogP contribution is -2.29. The van der Waals surface area contributed by atoms with Crippen LogP contribution in [0.2, 0.25) is 0 Å². The van der Waals surface area contributed by atoms with Gasteiger partial charge < -0.3 is 19.9 Å². The van der Waals surface area contributed by atoms with Crippen molar-refractivity contribution in [1.29, 1.82) is 0 Å². The molecule has 1 fully saturated rings. The predicted molar refractivity (Wildman–Crippen MR) is 129 cm³/mol. The van der Waals surface area contributed by atoms with Crippen molar-refractivity contribution in [3.63, 3.8) is 0 Å². The average molecular weight is 486 g/mol. The van der Waals surface area contributed by atoms with E-state index in [4.69, 9.17) is 8.85 Å². The number of pyridine rings is 1. The van der Waals surface area contributed by atoms with Gasteiger partial charge in [-0.15, -0.1) is 22.0 Å². The standard InChI is InChI=1S/C22H26N8O3S/c1-23-22(32)15-11-30(12-34-4)18(25-21(31)13-8-9-13)10-17(15)24-16-7-5-6-14(19(16)33-3)20-26-28-29(2)27-20/h5-7,10-11,13H,8-9,12H2,1-4H3,(H,23,32)(H,25,31)/i1D3. The molecule has 0 radical (unpaired) electrons. The maximum atomic E-state index is 13.0. The fourth-order valence-electron chi connectivity index (χ4n) is 3.37. The largest absolute Gasteiger partial charge is 0.494 e. The highest BCUT2D eigenvalue weighted by Crippen LogP contribution is 2.36. The quantitative estimate of drug-likeness (QED) is 0.499. The van der Waals surface area contributed by atoms with Gasteiger partial charge in [0.15, 0.2) is 5.75 Å². The van der Waals surface area contributed by atoms with E-state index >= 15 is 0 Å². The summed E-state index contributed by atoms with van der Waals surface area (Å²) in [5.41, 5.74) is 0.887. The van der Waals surface area contributed by atoms with Crippen molar-refractivity contribution in [2.45, 2.75) is 18.7 Å². The average Bonchev–Trinajstić information content (AvgIpc) is 3.60. The van der Waals surface area contributed by atoms with Gasteiger partial charge in [0.2, 0.25) is 11.7 Å². The van der Waals surface area contributed by atoms with E-state index in [9.17, 15) is 9.59 Å². The molecule has 0 bridgehead atoms. The van der Waals surface area contributed by atoms with E-state index in [2.05, 4.69) is 25.7 Å². The summed E-state index contributed by atoms with van der Waals surface area (Å²) in [5, 5.41) is 17.2. The molecule has 4 rings (SSSR count). The maximum Gasteiger partial charge on any atom is 0.254 e. The molecule has 12 heteroatoms. The van der Waals surface area contributed by atoms with E-state index in [0.717, 1.165) is 12.8 Å². The Labute approximate surface area is 204 Å². The minimum absolute atomic E-state index is 0.0136. The molecule has 1 aliphatic rings. The molecule has 11 nitrogen and oxygen atoms in total. The van der Waals surface area contributed by atoms with E-state index in [-0.39, 0.29) is 22.7 Å². The third kappa shape index (κ3) is 4.96. The second kappa shape index (κ2) is 10.1. The minimum Gasteiger partial charge on any atom is -0.494 e. The van der Waals surface area contributed by atoms with Gasteiger partial charge in [-0.2, -0.15) is 4.80 Å². The normalized spacial score (nSPS) is 15.3. The number of aromatic nitrogens is 5. The molecule has 0 atom stereocenters. The molecule has 1 aromatic carbocycles. The summed E-state index contributed by atoms with van der Waals surface area (Å²) in [7, 11) is 3.10. The number of aryl methyl sites for hydroxylation is 1. The van der Waals surface area contributed by atoms with E-state index in [1.165, 1.54) is 29.9 Å². The summed E-state index contributed by atoms with van der Waals surface area (Å²) in [6, 6.07) is 6.70. The summed E-state index contributed by atoms with van der Waals surface area (Å²) >= 11 is 1.47. The molecule has 0 spiro atoms. The Kier molecular flexibility index (Phi) is 5.86. The van der Waals surface area contributed by atoms with Crippen LogP contribution in [-0.4, -0.2) is 56.9 Å². The van der Waals surface area contributed by atoms with Crippen LogP contribution in [0.1, 0.15) is 27.3 Å². The summed E-state index contributed by atoms with van der Waals surface area (Å²) in [5.74, 6) is 0.500. The van der Waals surface area contributed by atoms with Crippen LogP contribution < -0.4 is 20.7 Å². The van der Waals surface area contributed by atoms with Gasteiger partial charge in [-0.3, -0.25) is 9.59 Å². The zero-order valence-electron chi connectivity index (χ0n) is 21.9. The molecule has 178 valence electrons. The van der Waals surface area contributed by atoms with Gasteiger partial charge in [-0.05, 0) is 36.4 Å². The number of anilines is 1. The number of benzene rings is 1. The lowest BCUT2D eigenvalue weighted by atomic mass is 10.1. The molecule has 2 aromatic heterocycles. The Hall–Kier alpha value is -3.67. The summed E-state index contributed by atoms with van der Waals surface area (Å²) in [6.45, 7) is -2.70. The fourth-order valence-corrected chi connectivity index (χ4v) is 3.86. The van der Waals surface area contributed by atoms with Crippen LogP contribution in [-0.2, 0) is 17.7 Å². The zero-order chi connectivity index (χ0) is 26.7. The highest BCUT2D eigenvalue weighted by Gasteiger charge is 2.30. The number of methoxy groups -OCH3 is 1. The Morgan fingerprint density at radius 3 is 2.85 bits per heavy atom.